The summed E-state index contributed by atoms with van der Waals surface area (Å²) in [5.41, 5.74) is 12.4. The van der Waals surface area contributed by atoms with Gasteiger partial charge in [-0.15, -0.1) is 0 Å². The van der Waals surface area contributed by atoms with Gasteiger partial charge in [0.05, 0.1) is 24.0 Å². The summed E-state index contributed by atoms with van der Waals surface area (Å²) in [5.74, 6) is -12.6. The van der Waals surface area contributed by atoms with Gasteiger partial charge in [0.15, 0.2) is 5.96 Å². The van der Waals surface area contributed by atoms with Crippen molar-refractivity contribution in [2.75, 3.05) is 20.7 Å². The minimum Gasteiger partial charge on any atom is -0.480 e. The predicted octanol–water partition coefficient (Wildman–Crippen LogP) is 0.618. The number of nitrogens with one attached hydrogen (secondary N) is 6. The number of aliphatic carboxylic acids is 2. The Kier molecular flexibility index (Phi) is 24.7. The van der Waals surface area contributed by atoms with E-state index in [0.717, 1.165) is 10.5 Å². The van der Waals surface area contributed by atoms with Gasteiger partial charge in [0, 0.05) is 33.0 Å². The molecule has 0 aliphatic carbocycles. The summed E-state index contributed by atoms with van der Waals surface area (Å²) in [7, 11) is 2.82. The number of carboxylic acid groups (broad SMARTS) is 2. The minimum atomic E-state index is -1.88. The van der Waals surface area contributed by atoms with Crippen LogP contribution in [0.15, 0.2) is 71.4 Å². The fourth-order valence-electron chi connectivity index (χ4n) is 7.46. The van der Waals surface area contributed by atoms with E-state index < -0.39 is 120 Å². The van der Waals surface area contributed by atoms with Crippen LogP contribution in [-0.2, 0) is 54.3 Å². The lowest BCUT2D eigenvalue weighted by atomic mass is 9.94. The van der Waals surface area contributed by atoms with Crippen molar-refractivity contribution in [3.8, 4) is 0 Å². The number of carboxylic acids is 2. The summed E-state index contributed by atoms with van der Waals surface area (Å²) < 4.78 is 5.81. The zero-order valence-corrected chi connectivity index (χ0v) is 42.2. The second-order valence-electron chi connectivity index (χ2n) is 18.3. The Balaban J connectivity index is 2.73. The number of rotatable bonds is 15. The molecule has 0 saturated carbocycles. The molecule has 1 heterocycles. The molecule has 392 valence electrons. The van der Waals surface area contributed by atoms with Crippen LogP contribution in [0, 0.1) is 23.7 Å². The number of benzene rings is 1. The quantitative estimate of drug-likeness (QED) is 0.0379. The Labute approximate surface area is 415 Å². The van der Waals surface area contributed by atoms with Crippen molar-refractivity contribution >= 4 is 59.2 Å². The van der Waals surface area contributed by atoms with Gasteiger partial charge in [-0.25, -0.2) is 9.59 Å². The molecule has 10 atom stereocenters. The first-order valence-corrected chi connectivity index (χ1v) is 23.5. The number of carbonyl (C=O) groups is 9. The molecule has 0 aromatic heterocycles. The van der Waals surface area contributed by atoms with Crippen LogP contribution in [0.3, 0.4) is 0 Å². The van der Waals surface area contributed by atoms with E-state index in [4.69, 9.17) is 16.2 Å². The van der Waals surface area contributed by atoms with Gasteiger partial charge in [-0.3, -0.25) is 38.6 Å². The molecule has 1 aromatic carbocycles. The molecule has 1 saturated heterocycles. The van der Waals surface area contributed by atoms with E-state index in [1.165, 1.54) is 33.9 Å². The van der Waals surface area contributed by atoms with Crippen LogP contribution in [0.25, 0.3) is 0 Å². The van der Waals surface area contributed by atoms with Crippen molar-refractivity contribution in [1.29, 1.82) is 0 Å². The molecule has 1 aliphatic rings. The maximum Gasteiger partial charge on any atom is 0.327 e. The van der Waals surface area contributed by atoms with E-state index in [2.05, 4.69) is 43.5 Å². The number of likely N-dealkylation sites (N-methyl/N-ethyl adjacent to an activating group) is 1. The van der Waals surface area contributed by atoms with Gasteiger partial charge in [-0.2, -0.15) is 0 Å². The first-order chi connectivity index (χ1) is 33.3. The standard InChI is InChI=1S/C49H74N10O12/c1-26(2)23-37-46(66)58-40(48(69)70)30(6)42(62)55-35(17-14-22-52-49(50)51)45(65)54-34(19-18-27(3)24-28(4)38(71-10)25-33-15-12-11-13-16-33)29(5)41(61)56-36(47(67)68)20-21-39(60)59(9)32(8)44(64)53-31(7)43(63)57-37/h11-13,15-16,18-19,24,26,28-31,34-38,40H,8,14,17,20-23,25H2,1-7,9-10H3,(H,53,64)(H,54,65)(H,55,62)(H,56,61)(H,57,63)(H,58,66)(H,67,68)(H,69,70)(H4,50,51,52)/b19-18+,27-24+/t28-,29?,30?,31+,34?,35-,36?,37-,38-,40?/m0/s1. The van der Waals surface area contributed by atoms with Gasteiger partial charge >= 0.3 is 11.9 Å². The van der Waals surface area contributed by atoms with Crippen molar-refractivity contribution < 1.29 is 58.1 Å². The molecule has 0 radical (unpaired) electrons. The summed E-state index contributed by atoms with van der Waals surface area (Å²) >= 11 is 0. The highest BCUT2D eigenvalue weighted by molar-refractivity contribution is 6.00. The Bertz CT molecular complexity index is 2160. The van der Waals surface area contributed by atoms with E-state index >= 15 is 0 Å². The van der Waals surface area contributed by atoms with Gasteiger partial charge in [0.2, 0.25) is 35.4 Å². The third kappa shape index (κ3) is 20.0. The molecule has 1 aliphatic heterocycles. The first-order valence-electron chi connectivity index (χ1n) is 23.5. The highest BCUT2D eigenvalue weighted by Crippen LogP contribution is 2.19. The van der Waals surface area contributed by atoms with Crippen molar-refractivity contribution in [3.05, 3.63) is 72.0 Å². The number of allylic oxidation sites excluding steroid dienone is 2. The highest BCUT2D eigenvalue weighted by Gasteiger charge is 2.37. The normalized spacial score (nSPS) is 25.3. The van der Waals surface area contributed by atoms with Crippen LogP contribution in [0.1, 0.15) is 86.1 Å². The van der Waals surface area contributed by atoms with Crippen LogP contribution in [0.5, 0.6) is 0 Å². The van der Waals surface area contributed by atoms with Gasteiger partial charge < -0.3 is 63.2 Å². The summed E-state index contributed by atoms with van der Waals surface area (Å²) in [6.07, 6.45) is 4.64. The zero-order valence-electron chi connectivity index (χ0n) is 42.2. The molecule has 7 amide bonds. The second-order valence-corrected chi connectivity index (χ2v) is 18.3. The largest absolute Gasteiger partial charge is 0.480 e. The number of hydrogen-bond acceptors (Lipinski definition) is 11. The Morgan fingerprint density at radius 1 is 0.845 bits per heavy atom. The molecule has 71 heavy (non-hydrogen) atoms. The lowest BCUT2D eigenvalue weighted by Crippen LogP contribution is -2.59. The molecule has 22 heteroatoms. The lowest BCUT2D eigenvalue weighted by molar-refractivity contribution is -0.146. The average molecular weight is 995 g/mol. The SMILES string of the molecule is C=C1C(=O)N[C@H](C)C(=O)N[C@@H](CC(C)C)C(=O)NC(C(=O)O)C(C)C(=O)N[C@@H](CCCN=C(N)N)C(=O)NC(/C=C/C(C)=C/[C@H](C)[C@H](Cc2ccccc2)OC)C(C)C(=O)NC(C(=O)O)CCC(=O)N1C. The van der Waals surface area contributed by atoms with Crippen molar-refractivity contribution in [3.63, 3.8) is 0 Å². The molecule has 0 bridgehead atoms. The molecule has 1 aromatic rings. The van der Waals surface area contributed by atoms with Gasteiger partial charge in [0.1, 0.15) is 35.9 Å². The zero-order chi connectivity index (χ0) is 53.7. The Hall–Kier alpha value is -7.10. The van der Waals surface area contributed by atoms with Crippen LogP contribution in [-0.4, -0.2) is 137 Å². The average Bonchev–Trinajstić information content (AvgIpc) is 3.31. The van der Waals surface area contributed by atoms with E-state index in [-0.39, 0.29) is 49.7 Å². The predicted molar refractivity (Wildman–Crippen MR) is 264 cm³/mol. The summed E-state index contributed by atoms with van der Waals surface area (Å²) in [6, 6.07) is 0.998. The van der Waals surface area contributed by atoms with Gasteiger partial charge in [0.25, 0.3) is 5.91 Å². The van der Waals surface area contributed by atoms with Crippen LogP contribution < -0.4 is 43.4 Å². The molecule has 1 fully saturated rings. The van der Waals surface area contributed by atoms with Crippen molar-refractivity contribution in [2.45, 2.75) is 129 Å². The monoisotopic (exact) mass is 995 g/mol. The van der Waals surface area contributed by atoms with Crippen LogP contribution >= 0.6 is 0 Å². The number of carbonyl (C=O) groups excluding carboxylic acids is 7. The number of amides is 7. The number of aliphatic imine (C=N–C) groups is 1. The fourth-order valence-corrected chi connectivity index (χ4v) is 7.46. The van der Waals surface area contributed by atoms with Crippen molar-refractivity contribution in [2.24, 2.45) is 40.1 Å². The number of guanidine groups is 1. The maximum absolute atomic E-state index is 14.4. The number of ether oxygens (including phenoxy) is 1. The fraction of sp³-hybridized carbons (Fsp3) is 0.551. The maximum atomic E-state index is 14.4. The molecule has 5 unspecified atom stereocenters. The molecule has 0 spiro atoms. The molecule has 12 N–H and O–H groups in total. The topological polar surface area (TPSA) is 343 Å². The number of nitrogens with two attached hydrogens (primary N) is 2. The van der Waals surface area contributed by atoms with Gasteiger partial charge in [-0.05, 0) is 57.4 Å². The van der Waals surface area contributed by atoms with Crippen LogP contribution in [0.4, 0.5) is 0 Å². The lowest BCUT2D eigenvalue weighted by Gasteiger charge is -2.28. The Morgan fingerprint density at radius 2 is 1.45 bits per heavy atom. The van der Waals surface area contributed by atoms with Crippen LogP contribution in [0.2, 0.25) is 0 Å². The Morgan fingerprint density at radius 3 is 2.03 bits per heavy atom. The van der Waals surface area contributed by atoms with E-state index in [9.17, 15) is 53.4 Å². The smallest absolute Gasteiger partial charge is 0.327 e. The van der Waals surface area contributed by atoms with Gasteiger partial charge in [-0.1, -0.05) is 95.3 Å². The summed E-state index contributed by atoms with van der Waals surface area (Å²) in [5, 5.41) is 35.5. The molecule has 22 nitrogen and oxygen atoms in total. The first kappa shape index (κ1) is 60.0. The molecule has 2 rings (SSSR count). The highest BCUT2D eigenvalue weighted by atomic mass is 16.5. The third-order valence-electron chi connectivity index (χ3n) is 12.0. The van der Waals surface area contributed by atoms with E-state index in [1.54, 1.807) is 34.0 Å². The minimum absolute atomic E-state index is 0.00610. The van der Waals surface area contributed by atoms with E-state index in [0.29, 0.717) is 12.0 Å². The molecular weight excluding hydrogens is 921 g/mol. The number of hydrogen-bond donors (Lipinski definition) is 10. The van der Waals surface area contributed by atoms with Crippen molar-refractivity contribution in [1.82, 2.24) is 36.8 Å². The summed E-state index contributed by atoms with van der Waals surface area (Å²) in [6.45, 7) is 14.9. The molecular formula is C49H74N10O12. The summed E-state index contributed by atoms with van der Waals surface area (Å²) in [4.78, 5) is 126. The third-order valence-corrected chi connectivity index (χ3v) is 12.0. The number of nitrogens with zero attached hydrogens (tertiary/aromatic N) is 2. The number of methoxy groups -OCH3 is 1. The van der Waals surface area contributed by atoms with E-state index in [1.807, 2.05) is 43.3 Å². The second kappa shape index (κ2) is 29.2.